The maximum absolute atomic E-state index is 12.9. The van der Waals surface area contributed by atoms with Gasteiger partial charge in [-0.15, -0.1) is 0 Å². The molecule has 2 aromatic rings. The van der Waals surface area contributed by atoms with Crippen molar-refractivity contribution in [3.63, 3.8) is 0 Å². The van der Waals surface area contributed by atoms with Crippen LogP contribution in [0.5, 0.6) is 11.5 Å². The van der Waals surface area contributed by atoms with Gasteiger partial charge in [-0.3, -0.25) is 9.48 Å². The Morgan fingerprint density at radius 2 is 1.96 bits per heavy atom. The summed E-state index contributed by atoms with van der Waals surface area (Å²) < 4.78 is 35.6. The largest absolute Gasteiger partial charge is 0.497 e. The molecule has 0 spiro atoms. The van der Waals surface area contributed by atoms with Crippen molar-refractivity contribution in [2.75, 3.05) is 33.6 Å². The second-order valence-corrected chi connectivity index (χ2v) is 8.92. The van der Waals surface area contributed by atoms with E-state index in [1.807, 2.05) is 0 Å². The maximum atomic E-state index is 12.9. The van der Waals surface area contributed by atoms with Gasteiger partial charge in [-0.1, -0.05) is 0 Å². The first kappa shape index (κ1) is 19.2. The molecule has 1 aliphatic rings. The van der Waals surface area contributed by atoms with Crippen molar-refractivity contribution < 1.29 is 22.7 Å². The van der Waals surface area contributed by atoms with E-state index in [-0.39, 0.29) is 12.5 Å². The summed E-state index contributed by atoms with van der Waals surface area (Å²) in [6.07, 6.45) is 1.67. The molecule has 0 radical (unpaired) electrons. The second-order valence-electron chi connectivity index (χ2n) is 6.60. The molecule has 1 fully saturated rings. The Labute approximate surface area is 158 Å². The normalized spacial score (nSPS) is 17.2. The number of ether oxygens (including phenoxy) is 2. The third-order valence-corrected chi connectivity index (χ3v) is 6.42. The third-order valence-electron chi connectivity index (χ3n) is 4.82. The lowest BCUT2D eigenvalue weighted by molar-refractivity contribution is 0.0782. The van der Waals surface area contributed by atoms with E-state index in [0.29, 0.717) is 41.4 Å². The molecule has 0 saturated carbocycles. The predicted octanol–water partition coefficient (Wildman–Crippen LogP) is 1.36. The highest BCUT2D eigenvalue weighted by atomic mass is 32.2. The molecule has 3 rings (SSSR count). The van der Waals surface area contributed by atoms with Gasteiger partial charge >= 0.3 is 0 Å². The van der Waals surface area contributed by atoms with Crippen LogP contribution in [-0.4, -0.2) is 67.8 Å². The fourth-order valence-corrected chi connectivity index (χ4v) is 4.22. The highest BCUT2D eigenvalue weighted by Gasteiger charge is 2.34. The van der Waals surface area contributed by atoms with E-state index in [1.165, 1.54) is 10.9 Å². The summed E-state index contributed by atoms with van der Waals surface area (Å²) >= 11 is 0. The molecule has 1 aromatic heterocycles. The van der Waals surface area contributed by atoms with Gasteiger partial charge < -0.3 is 14.4 Å². The molecule has 0 N–H and O–H groups in total. The van der Waals surface area contributed by atoms with Gasteiger partial charge in [0.2, 0.25) is 0 Å². The zero-order valence-electron chi connectivity index (χ0n) is 15.8. The number of likely N-dealkylation sites (tertiary alicyclic amines) is 1. The van der Waals surface area contributed by atoms with Crippen LogP contribution in [0.2, 0.25) is 0 Å². The zero-order valence-corrected chi connectivity index (χ0v) is 16.6. The summed E-state index contributed by atoms with van der Waals surface area (Å²) in [5.74, 6) is 1.04. The highest BCUT2D eigenvalue weighted by molar-refractivity contribution is 7.91. The van der Waals surface area contributed by atoms with E-state index in [4.69, 9.17) is 9.47 Å². The van der Waals surface area contributed by atoms with Gasteiger partial charge in [0.1, 0.15) is 17.2 Å². The predicted molar refractivity (Wildman–Crippen MR) is 101 cm³/mol. The number of rotatable bonds is 5. The molecule has 1 amide bonds. The summed E-state index contributed by atoms with van der Waals surface area (Å²) in [5, 5.41) is 3.93. The fraction of sp³-hybridized carbons (Fsp3) is 0.444. The maximum Gasteiger partial charge on any atom is 0.272 e. The first-order chi connectivity index (χ1) is 12.7. The van der Waals surface area contributed by atoms with E-state index in [1.54, 1.807) is 50.4 Å². The van der Waals surface area contributed by atoms with Crippen LogP contribution in [0.3, 0.4) is 0 Å². The Morgan fingerprint density at radius 1 is 1.22 bits per heavy atom. The number of carbonyl (C=O) groups excluding carboxylic acids is 1. The molecular weight excluding hydrogens is 370 g/mol. The van der Waals surface area contributed by atoms with Gasteiger partial charge in [0.05, 0.1) is 25.2 Å². The monoisotopic (exact) mass is 393 g/mol. The average Bonchev–Trinajstić information content (AvgIpc) is 3.27. The van der Waals surface area contributed by atoms with Crippen molar-refractivity contribution in [2.24, 2.45) is 7.05 Å². The third kappa shape index (κ3) is 3.78. The number of nitrogens with zero attached hydrogens (tertiary/aromatic N) is 3. The fourth-order valence-electron chi connectivity index (χ4n) is 3.24. The van der Waals surface area contributed by atoms with Crippen LogP contribution in [-0.2, 0) is 16.9 Å². The lowest BCUT2D eigenvalue weighted by Crippen LogP contribution is -2.32. The Bertz CT molecular complexity index is 967. The molecule has 8 nitrogen and oxygen atoms in total. The summed E-state index contributed by atoms with van der Waals surface area (Å²) in [6, 6.07) is 7.05. The van der Waals surface area contributed by atoms with Crippen LogP contribution in [0.4, 0.5) is 0 Å². The van der Waals surface area contributed by atoms with Crippen molar-refractivity contribution in [3.05, 3.63) is 30.0 Å². The summed E-state index contributed by atoms with van der Waals surface area (Å²) in [6.45, 7) is 0.625. The minimum atomic E-state index is -3.16. The molecule has 2 heterocycles. The minimum Gasteiger partial charge on any atom is -0.497 e. The van der Waals surface area contributed by atoms with Gasteiger partial charge in [0.25, 0.3) is 5.91 Å². The molecule has 9 heteroatoms. The molecule has 1 aromatic carbocycles. The number of amides is 1. The Morgan fingerprint density at radius 3 is 2.56 bits per heavy atom. The lowest BCUT2D eigenvalue weighted by Gasteiger charge is -2.15. The highest BCUT2D eigenvalue weighted by Crippen LogP contribution is 2.33. The molecule has 1 saturated heterocycles. The number of aromatic nitrogens is 2. The van der Waals surface area contributed by atoms with Crippen LogP contribution in [0.25, 0.3) is 11.3 Å². The van der Waals surface area contributed by atoms with E-state index in [0.717, 1.165) is 0 Å². The molecule has 0 unspecified atom stereocenters. The molecule has 1 atom stereocenters. The van der Waals surface area contributed by atoms with Gasteiger partial charge in [-0.05, 0) is 30.7 Å². The average molecular weight is 393 g/mol. The van der Waals surface area contributed by atoms with E-state index < -0.39 is 15.1 Å². The number of methoxy groups -OCH3 is 2. The number of sulfone groups is 1. The van der Waals surface area contributed by atoms with Crippen LogP contribution >= 0.6 is 0 Å². The molecule has 0 aliphatic carbocycles. The first-order valence-corrected chi connectivity index (χ1v) is 10.4. The van der Waals surface area contributed by atoms with Crippen LogP contribution in [0.15, 0.2) is 24.3 Å². The standard InChI is InChI=1S/C18H23N3O5S/c1-20-16(18(22)21-8-7-13(11-21)27(4,23)24)10-15(19-20)14-9-12(25-2)5-6-17(14)26-3/h5-6,9-10,13H,7-8,11H2,1-4H3/t13-/m0/s1. The van der Waals surface area contributed by atoms with E-state index in [2.05, 4.69) is 5.10 Å². The second kappa shape index (κ2) is 7.22. The molecular formula is C18H23N3O5S. The van der Waals surface area contributed by atoms with Gasteiger partial charge in [0, 0.05) is 32.0 Å². The van der Waals surface area contributed by atoms with Gasteiger partial charge in [-0.25, -0.2) is 8.42 Å². The van der Waals surface area contributed by atoms with Crippen molar-refractivity contribution in [3.8, 4) is 22.8 Å². The molecule has 1 aliphatic heterocycles. The Hall–Kier alpha value is -2.55. The Balaban J connectivity index is 1.91. The molecule has 146 valence electrons. The smallest absolute Gasteiger partial charge is 0.272 e. The number of hydrogen-bond donors (Lipinski definition) is 0. The summed E-state index contributed by atoms with van der Waals surface area (Å²) in [7, 11) is 1.66. The van der Waals surface area contributed by atoms with E-state index >= 15 is 0 Å². The zero-order chi connectivity index (χ0) is 19.8. The lowest BCUT2D eigenvalue weighted by atomic mass is 10.1. The number of aryl methyl sites for hydroxylation is 1. The SMILES string of the molecule is COc1ccc(OC)c(-c2cc(C(=O)N3CC[C@H](S(C)(=O)=O)C3)n(C)n2)c1. The molecule has 0 bridgehead atoms. The van der Waals surface area contributed by atoms with Crippen LogP contribution in [0, 0.1) is 0 Å². The van der Waals surface area contributed by atoms with E-state index in [9.17, 15) is 13.2 Å². The van der Waals surface area contributed by atoms with Crippen molar-refractivity contribution in [1.82, 2.24) is 14.7 Å². The quantitative estimate of drug-likeness (QED) is 0.762. The minimum absolute atomic E-state index is 0.209. The van der Waals surface area contributed by atoms with Gasteiger partial charge in [-0.2, -0.15) is 5.10 Å². The topological polar surface area (TPSA) is 90.7 Å². The van der Waals surface area contributed by atoms with Crippen molar-refractivity contribution in [2.45, 2.75) is 11.7 Å². The van der Waals surface area contributed by atoms with Crippen LogP contribution in [0.1, 0.15) is 16.9 Å². The van der Waals surface area contributed by atoms with Crippen LogP contribution < -0.4 is 9.47 Å². The number of hydrogen-bond acceptors (Lipinski definition) is 6. The van der Waals surface area contributed by atoms with Gasteiger partial charge in [0.15, 0.2) is 9.84 Å². The summed E-state index contributed by atoms with van der Waals surface area (Å²) in [5.41, 5.74) is 1.68. The molecule has 27 heavy (non-hydrogen) atoms. The number of benzene rings is 1. The van der Waals surface area contributed by atoms with Crippen molar-refractivity contribution in [1.29, 1.82) is 0 Å². The Kier molecular flexibility index (Phi) is 5.14. The van der Waals surface area contributed by atoms with Crippen molar-refractivity contribution >= 4 is 15.7 Å². The first-order valence-electron chi connectivity index (χ1n) is 8.49. The summed E-state index contributed by atoms with van der Waals surface area (Å²) in [4.78, 5) is 14.4. The number of carbonyl (C=O) groups is 1.